The predicted molar refractivity (Wildman–Crippen MR) is 135 cm³/mol. The van der Waals surface area contributed by atoms with E-state index in [2.05, 4.69) is 123 Å². The highest BCUT2D eigenvalue weighted by atomic mass is 14.4. The Hall–Kier alpha value is -2.86. The van der Waals surface area contributed by atoms with E-state index in [1.54, 1.807) is 0 Å². The molecule has 4 atom stereocenters. The van der Waals surface area contributed by atoms with Gasteiger partial charge in [0.05, 0.1) is 0 Å². The third-order valence-corrected chi connectivity index (χ3v) is 6.46. The summed E-state index contributed by atoms with van der Waals surface area (Å²) in [4.78, 5) is 0. The maximum atomic E-state index is 2.56. The molecule has 0 heterocycles. The van der Waals surface area contributed by atoms with Crippen LogP contribution < -0.4 is 0 Å². The highest BCUT2D eigenvalue weighted by Gasteiger charge is 2.38. The van der Waals surface area contributed by atoms with Gasteiger partial charge in [0.15, 0.2) is 0 Å². The third kappa shape index (κ3) is 5.25. The van der Waals surface area contributed by atoms with Crippen LogP contribution in [-0.2, 0) is 0 Å². The van der Waals surface area contributed by atoms with Crippen LogP contribution in [0.15, 0.2) is 132 Å². The van der Waals surface area contributed by atoms with Gasteiger partial charge in [0.1, 0.15) is 0 Å². The maximum absolute atomic E-state index is 2.56. The predicted octanol–water partition coefficient (Wildman–Crippen LogP) is 8.31. The van der Waals surface area contributed by atoms with Gasteiger partial charge in [-0.05, 0) is 67.2 Å². The lowest BCUT2D eigenvalue weighted by molar-refractivity contribution is 0.583. The second-order valence-corrected chi connectivity index (χ2v) is 8.70. The average Bonchev–Trinajstić information content (AvgIpc) is 3.61. The van der Waals surface area contributed by atoms with Crippen molar-refractivity contribution in [3.05, 3.63) is 132 Å². The molecule has 0 nitrogen and oxygen atoms in total. The normalized spacial score (nSPS) is 26.9. The zero-order valence-corrected chi connectivity index (χ0v) is 18.8. The summed E-state index contributed by atoms with van der Waals surface area (Å²) < 4.78 is 0. The monoisotopic (exact) mass is 406 g/mol. The lowest BCUT2D eigenvalue weighted by Gasteiger charge is -2.32. The lowest BCUT2D eigenvalue weighted by Crippen LogP contribution is -2.22. The van der Waals surface area contributed by atoms with Crippen LogP contribution in [0.5, 0.6) is 0 Å². The molecule has 0 aliphatic heterocycles. The molecule has 1 fully saturated rings. The van der Waals surface area contributed by atoms with Gasteiger partial charge in [-0.1, -0.05) is 109 Å². The summed E-state index contributed by atoms with van der Waals surface area (Å²) in [5.41, 5.74) is 5.59. The van der Waals surface area contributed by atoms with E-state index in [0.29, 0.717) is 0 Å². The highest BCUT2D eigenvalue weighted by Crippen LogP contribution is 2.49. The van der Waals surface area contributed by atoms with Crippen molar-refractivity contribution in [1.29, 1.82) is 0 Å². The first-order chi connectivity index (χ1) is 15.3. The maximum Gasteiger partial charge on any atom is 0.0198 e. The standard InChI is InChI=1S/C31H34/c1-3-5-15-24(14-4-2)30(25-16-10-6-7-11-17-25)31(26-18-12-8-9-13-19-26)28-21-20-27-22-29(27)23-28/h3-6,8,10-21,23,27,29-31H,7,9,22H2,1-2H3/b5-3-,14-4-,24-15+. The van der Waals surface area contributed by atoms with Crippen molar-refractivity contribution in [2.45, 2.75) is 33.1 Å². The summed E-state index contributed by atoms with van der Waals surface area (Å²) in [6.45, 7) is 4.21. The Kier molecular flexibility index (Phi) is 7.20. The Labute approximate surface area is 188 Å². The molecule has 0 heteroatoms. The van der Waals surface area contributed by atoms with Gasteiger partial charge in [-0.25, -0.2) is 0 Å². The van der Waals surface area contributed by atoms with Crippen LogP contribution in [0.25, 0.3) is 0 Å². The summed E-state index contributed by atoms with van der Waals surface area (Å²) in [6, 6.07) is 0. The molecule has 0 radical (unpaired) electrons. The van der Waals surface area contributed by atoms with Crippen molar-refractivity contribution in [2.75, 3.05) is 0 Å². The fourth-order valence-electron chi connectivity index (χ4n) is 4.82. The Morgan fingerprint density at radius 2 is 1.58 bits per heavy atom. The smallest absolute Gasteiger partial charge is 0.0198 e. The van der Waals surface area contributed by atoms with Gasteiger partial charge >= 0.3 is 0 Å². The van der Waals surface area contributed by atoms with Crippen LogP contribution >= 0.6 is 0 Å². The van der Waals surface area contributed by atoms with E-state index in [-0.39, 0.29) is 11.8 Å². The average molecular weight is 407 g/mol. The zero-order valence-electron chi connectivity index (χ0n) is 18.8. The van der Waals surface area contributed by atoms with E-state index in [1.807, 2.05) is 0 Å². The van der Waals surface area contributed by atoms with Crippen molar-refractivity contribution in [1.82, 2.24) is 0 Å². The van der Waals surface area contributed by atoms with Crippen LogP contribution in [0.2, 0.25) is 0 Å². The summed E-state index contributed by atoms with van der Waals surface area (Å²) in [5.74, 6) is 2.04. The highest BCUT2D eigenvalue weighted by molar-refractivity contribution is 5.50. The van der Waals surface area contributed by atoms with Crippen molar-refractivity contribution < 1.29 is 0 Å². The molecule has 4 aliphatic rings. The summed E-state index contributed by atoms with van der Waals surface area (Å²) in [7, 11) is 0. The van der Waals surface area contributed by atoms with E-state index < -0.39 is 0 Å². The molecule has 0 aromatic carbocycles. The Morgan fingerprint density at radius 3 is 2.29 bits per heavy atom. The van der Waals surface area contributed by atoms with Gasteiger partial charge in [-0.2, -0.15) is 0 Å². The van der Waals surface area contributed by atoms with Gasteiger partial charge in [0, 0.05) is 11.8 Å². The van der Waals surface area contributed by atoms with E-state index in [9.17, 15) is 0 Å². The van der Waals surface area contributed by atoms with E-state index in [4.69, 9.17) is 0 Å². The lowest BCUT2D eigenvalue weighted by atomic mass is 9.71. The number of rotatable bonds is 7. The molecule has 0 amide bonds. The van der Waals surface area contributed by atoms with Crippen LogP contribution in [0, 0.1) is 23.7 Å². The first-order valence-corrected chi connectivity index (χ1v) is 11.7. The van der Waals surface area contributed by atoms with Crippen LogP contribution in [0.4, 0.5) is 0 Å². The second-order valence-electron chi connectivity index (χ2n) is 8.70. The molecule has 0 spiro atoms. The molecule has 4 rings (SSSR count). The minimum absolute atomic E-state index is 0.250. The molecule has 0 aromatic rings. The molecular formula is C31H34. The third-order valence-electron chi connectivity index (χ3n) is 6.46. The molecule has 4 aliphatic carbocycles. The zero-order chi connectivity index (χ0) is 21.5. The molecule has 31 heavy (non-hydrogen) atoms. The van der Waals surface area contributed by atoms with Gasteiger partial charge in [-0.15, -0.1) is 0 Å². The van der Waals surface area contributed by atoms with Crippen molar-refractivity contribution in [3.63, 3.8) is 0 Å². The second kappa shape index (κ2) is 10.4. The van der Waals surface area contributed by atoms with E-state index in [0.717, 1.165) is 24.7 Å². The molecule has 0 saturated heterocycles. The largest absolute Gasteiger partial charge is 0.0877 e. The van der Waals surface area contributed by atoms with Crippen molar-refractivity contribution in [3.8, 4) is 0 Å². The fraction of sp³-hybridized carbons (Fsp3) is 0.290. The van der Waals surface area contributed by atoms with Crippen LogP contribution in [0.3, 0.4) is 0 Å². The molecule has 4 unspecified atom stereocenters. The molecule has 0 N–H and O–H groups in total. The number of fused-ring (bicyclic) bond motifs is 1. The van der Waals surface area contributed by atoms with Crippen LogP contribution in [0.1, 0.15) is 33.1 Å². The first kappa shape index (κ1) is 21.4. The van der Waals surface area contributed by atoms with Gasteiger partial charge in [-0.3, -0.25) is 0 Å². The number of allylic oxidation sites excluding steroid dienone is 22. The Morgan fingerprint density at radius 1 is 0.839 bits per heavy atom. The Balaban J connectivity index is 1.89. The van der Waals surface area contributed by atoms with E-state index >= 15 is 0 Å². The van der Waals surface area contributed by atoms with Crippen molar-refractivity contribution >= 4 is 0 Å². The van der Waals surface area contributed by atoms with Gasteiger partial charge in [0.25, 0.3) is 0 Å². The summed E-state index contributed by atoms with van der Waals surface area (Å²) in [6.07, 6.45) is 44.7. The van der Waals surface area contributed by atoms with Crippen molar-refractivity contribution in [2.24, 2.45) is 23.7 Å². The SMILES string of the molecule is C\C=C/C=C(\C=C/C)C(C1=CC=CCC=C1)C(C1=CC=CCC=C1)C1=CC2CC2C=C1. The minimum atomic E-state index is 0.250. The number of hydrogen-bond acceptors (Lipinski definition) is 0. The molecule has 0 bridgehead atoms. The van der Waals surface area contributed by atoms with E-state index in [1.165, 1.54) is 28.7 Å². The first-order valence-electron chi connectivity index (χ1n) is 11.7. The minimum Gasteiger partial charge on any atom is -0.0877 e. The number of hydrogen-bond donors (Lipinski definition) is 0. The molecule has 0 aromatic heterocycles. The fourth-order valence-corrected chi connectivity index (χ4v) is 4.82. The van der Waals surface area contributed by atoms with Crippen LogP contribution in [-0.4, -0.2) is 0 Å². The Bertz CT molecular complexity index is 991. The van der Waals surface area contributed by atoms with Gasteiger partial charge in [0.2, 0.25) is 0 Å². The molecule has 1 saturated carbocycles. The quantitative estimate of drug-likeness (QED) is 0.373. The topological polar surface area (TPSA) is 0 Å². The molecule has 158 valence electrons. The summed E-state index contributed by atoms with van der Waals surface area (Å²) in [5, 5.41) is 0. The molecular weight excluding hydrogens is 372 g/mol. The summed E-state index contributed by atoms with van der Waals surface area (Å²) >= 11 is 0. The van der Waals surface area contributed by atoms with Gasteiger partial charge < -0.3 is 0 Å².